The third-order valence-corrected chi connectivity index (χ3v) is 3.82. The first-order chi connectivity index (χ1) is 12.7. The fourth-order valence-electron chi connectivity index (χ4n) is 1.32. The minimum atomic E-state index is 0. The van der Waals surface area contributed by atoms with E-state index in [4.69, 9.17) is 0 Å². The molecule has 0 aliphatic rings. The summed E-state index contributed by atoms with van der Waals surface area (Å²) in [6.45, 7) is 30.6. The minimum absolute atomic E-state index is 0. The molecule has 0 saturated heterocycles. The van der Waals surface area contributed by atoms with Crippen LogP contribution in [0.5, 0.6) is 0 Å². The molecule has 3 nitrogen and oxygen atoms in total. The molecule has 0 aliphatic carbocycles. The Morgan fingerprint density at radius 2 is 1.07 bits per heavy atom. The Bertz CT molecular complexity index is 596. The molecule has 0 aromatic carbocycles. The lowest BCUT2D eigenvalue weighted by Crippen LogP contribution is -2.11. The Morgan fingerprint density at radius 3 is 1.23 bits per heavy atom. The van der Waals surface area contributed by atoms with E-state index in [2.05, 4.69) is 112 Å². The van der Waals surface area contributed by atoms with Crippen molar-refractivity contribution in [1.29, 1.82) is 0 Å². The van der Waals surface area contributed by atoms with Crippen LogP contribution in [0.1, 0.15) is 115 Å². The van der Waals surface area contributed by atoms with Gasteiger partial charge < -0.3 is 0 Å². The highest BCUT2D eigenvalue weighted by Crippen LogP contribution is 2.24. The van der Waals surface area contributed by atoms with Crippen molar-refractivity contribution >= 4 is 11.3 Å². The van der Waals surface area contributed by atoms with Gasteiger partial charge in [0.25, 0.3) is 0 Å². The molecule has 0 fully saturated rings. The molecule has 0 atom stereocenters. The Labute approximate surface area is 193 Å². The minimum Gasteiger partial charge on any atom is -0.253 e. The van der Waals surface area contributed by atoms with Crippen LogP contribution in [-0.2, 0) is 10.8 Å². The maximum absolute atomic E-state index is 4.01. The summed E-state index contributed by atoms with van der Waals surface area (Å²) < 4.78 is 0. The summed E-state index contributed by atoms with van der Waals surface area (Å²) in [5, 5.41) is 7.51. The summed E-state index contributed by atoms with van der Waals surface area (Å²) in [6, 6.07) is 1.99. The van der Waals surface area contributed by atoms with Gasteiger partial charge in [-0.1, -0.05) is 104 Å². The first-order valence-electron chi connectivity index (χ1n) is 10.4. The van der Waals surface area contributed by atoms with Gasteiger partial charge >= 0.3 is 0 Å². The zero-order chi connectivity index (χ0) is 23.5. The van der Waals surface area contributed by atoms with E-state index in [1.54, 1.807) is 23.7 Å². The van der Waals surface area contributed by atoms with Crippen LogP contribution in [0.15, 0.2) is 30.2 Å². The molecule has 0 N–H and O–H groups in total. The van der Waals surface area contributed by atoms with E-state index in [1.807, 2.05) is 17.8 Å². The lowest BCUT2D eigenvalue weighted by atomic mass is 9.89. The van der Waals surface area contributed by atoms with E-state index < -0.39 is 0 Å². The molecule has 0 unspecified atom stereocenters. The zero-order valence-electron chi connectivity index (χ0n) is 21.6. The summed E-state index contributed by atoms with van der Waals surface area (Å²) >= 11 is 1.72. The fraction of sp³-hybridized carbons (Fsp3) is 0.731. The van der Waals surface area contributed by atoms with Gasteiger partial charge in [0.2, 0.25) is 0 Å². The highest BCUT2D eigenvalue weighted by atomic mass is 32.1. The van der Waals surface area contributed by atoms with Crippen molar-refractivity contribution in [1.82, 2.24) is 15.2 Å². The van der Waals surface area contributed by atoms with Crippen LogP contribution in [-0.4, -0.2) is 15.2 Å². The first-order valence-corrected chi connectivity index (χ1v) is 11.3. The van der Waals surface area contributed by atoms with Gasteiger partial charge in [-0.25, -0.2) is 0 Å². The molecule has 176 valence electrons. The van der Waals surface area contributed by atoms with Gasteiger partial charge in [-0.05, 0) is 33.3 Å². The monoisotopic (exact) mass is 437 g/mol. The van der Waals surface area contributed by atoms with Gasteiger partial charge in [0.15, 0.2) is 0 Å². The van der Waals surface area contributed by atoms with Crippen LogP contribution in [0.25, 0.3) is 0 Å². The zero-order valence-corrected chi connectivity index (χ0v) is 22.5. The van der Waals surface area contributed by atoms with Gasteiger partial charge in [0.1, 0.15) is 0 Å². The molecule has 0 amide bonds. The van der Waals surface area contributed by atoms with Gasteiger partial charge in [-0.3, -0.25) is 4.98 Å². The summed E-state index contributed by atoms with van der Waals surface area (Å²) in [5.74, 6) is 0. The van der Waals surface area contributed by atoms with Crippen LogP contribution >= 0.6 is 11.3 Å². The standard InChI is InChI=1S/C8H12N2.C7H11NS.2C5H12.CH4/c1-8(2,3)7-4-5-9-10-6-7;1-7(2,3)6-4-8-5-9-6;2*1-5(2,3)4;/h4-6H,1-3H3;4-5H,1-3H3;2*1-4H3;1H4. The molecule has 0 spiro atoms. The average Bonchev–Trinajstić information content (AvgIpc) is 2.98. The maximum atomic E-state index is 4.01. The van der Waals surface area contributed by atoms with Gasteiger partial charge in [-0.15, -0.1) is 11.3 Å². The maximum Gasteiger partial charge on any atom is 0.0794 e. The lowest BCUT2D eigenvalue weighted by molar-refractivity contribution is 0.469. The van der Waals surface area contributed by atoms with Gasteiger partial charge in [0.05, 0.1) is 11.7 Å². The molecule has 4 heteroatoms. The Morgan fingerprint density at radius 1 is 0.633 bits per heavy atom. The lowest BCUT2D eigenvalue weighted by Gasteiger charge is -2.16. The summed E-state index contributed by atoms with van der Waals surface area (Å²) in [4.78, 5) is 5.36. The number of hydrogen-bond donors (Lipinski definition) is 0. The second kappa shape index (κ2) is 13.9. The molecular formula is C26H51N3S. The smallest absolute Gasteiger partial charge is 0.0794 e. The van der Waals surface area contributed by atoms with E-state index in [0.29, 0.717) is 10.8 Å². The predicted octanol–water partition coefficient (Wildman–Crippen LogP) is 8.96. The van der Waals surface area contributed by atoms with Gasteiger partial charge in [-0.2, -0.15) is 10.2 Å². The third-order valence-electron chi connectivity index (χ3n) is 2.62. The molecular weight excluding hydrogens is 386 g/mol. The molecule has 0 aliphatic heterocycles. The number of rotatable bonds is 0. The van der Waals surface area contributed by atoms with E-state index in [9.17, 15) is 0 Å². The van der Waals surface area contributed by atoms with Crippen LogP contribution in [0.3, 0.4) is 0 Å². The predicted molar refractivity (Wildman–Crippen MR) is 139 cm³/mol. The van der Waals surface area contributed by atoms with Crippen molar-refractivity contribution in [3.05, 3.63) is 40.6 Å². The van der Waals surface area contributed by atoms with E-state index >= 15 is 0 Å². The Hall–Kier alpha value is -1.29. The number of thiazole rings is 1. The summed E-state index contributed by atoms with van der Waals surface area (Å²) in [5.41, 5.74) is 4.57. The Kier molecular flexibility index (Phi) is 15.5. The number of hydrogen-bond acceptors (Lipinski definition) is 4. The fourth-order valence-corrected chi connectivity index (χ4v) is 2.03. The second-order valence-corrected chi connectivity index (χ2v) is 13.4. The number of nitrogens with zero attached hydrogens (tertiary/aromatic N) is 3. The van der Waals surface area contributed by atoms with Crippen molar-refractivity contribution in [3.8, 4) is 0 Å². The van der Waals surface area contributed by atoms with Crippen LogP contribution in [0.4, 0.5) is 0 Å². The summed E-state index contributed by atoms with van der Waals surface area (Å²) in [7, 11) is 0. The highest BCUT2D eigenvalue weighted by Gasteiger charge is 2.14. The molecule has 2 heterocycles. The number of aromatic nitrogens is 3. The first kappa shape index (κ1) is 33.4. The van der Waals surface area contributed by atoms with Gasteiger partial charge in [0, 0.05) is 17.3 Å². The van der Waals surface area contributed by atoms with E-state index in [1.165, 1.54) is 10.4 Å². The molecule has 0 radical (unpaired) electrons. The topological polar surface area (TPSA) is 38.7 Å². The Balaban J connectivity index is -0.000000337. The van der Waals surface area contributed by atoms with Crippen molar-refractivity contribution in [2.45, 2.75) is 115 Å². The van der Waals surface area contributed by atoms with Crippen molar-refractivity contribution in [2.75, 3.05) is 0 Å². The molecule has 30 heavy (non-hydrogen) atoms. The average molecular weight is 438 g/mol. The molecule has 0 saturated carbocycles. The van der Waals surface area contributed by atoms with Crippen molar-refractivity contribution in [3.63, 3.8) is 0 Å². The second-order valence-electron chi connectivity index (χ2n) is 12.5. The van der Waals surface area contributed by atoms with Crippen LogP contribution in [0, 0.1) is 10.8 Å². The molecule has 2 aromatic rings. The SMILES string of the molecule is C.CC(C)(C)C.CC(C)(C)C.CC(C)(C)c1ccnnc1.CC(C)(C)c1cncs1. The summed E-state index contributed by atoms with van der Waals surface area (Å²) in [6.07, 6.45) is 5.46. The molecule has 0 bridgehead atoms. The largest absolute Gasteiger partial charge is 0.253 e. The molecule has 2 aromatic heterocycles. The third kappa shape index (κ3) is 26.7. The van der Waals surface area contributed by atoms with E-state index in [0.717, 1.165) is 0 Å². The highest BCUT2D eigenvalue weighted by molar-refractivity contribution is 7.09. The van der Waals surface area contributed by atoms with E-state index in [-0.39, 0.29) is 18.3 Å². The molecule has 2 rings (SSSR count). The van der Waals surface area contributed by atoms with Crippen LogP contribution < -0.4 is 0 Å². The van der Waals surface area contributed by atoms with Crippen LogP contribution in [0.2, 0.25) is 0 Å². The van der Waals surface area contributed by atoms with Crippen molar-refractivity contribution in [2.24, 2.45) is 10.8 Å². The normalized spacial score (nSPS) is 11.4. The van der Waals surface area contributed by atoms with Crippen molar-refractivity contribution < 1.29 is 0 Å². The quantitative estimate of drug-likeness (QED) is 0.413.